The van der Waals surface area contributed by atoms with Gasteiger partial charge in [-0.1, -0.05) is 0 Å². The van der Waals surface area contributed by atoms with E-state index in [0.29, 0.717) is 26.2 Å². The first-order chi connectivity index (χ1) is 49.4. The van der Waals surface area contributed by atoms with Crippen LogP contribution in [0.15, 0.2) is 170 Å². The lowest BCUT2D eigenvalue weighted by Crippen LogP contribution is -2.37. The second-order valence-electron chi connectivity index (χ2n) is 24.1. The third-order valence-corrected chi connectivity index (χ3v) is 17.3. The summed E-state index contributed by atoms with van der Waals surface area (Å²) in [5, 5.41) is 85.6. The third kappa shape index (κ3) is 33.8. The van der Waals surface area contributed by atoms with Gasteiger partial charge in [-0.15, -0.1) is 74.4 Å². The number of nitrogens with two attached hydrogens (primary N) is 2. The van der Waals surface area contributed by atoms with Crippen molar-refractivity contribution in [3.63, 3.8) is 0 Å². The quantitative estimate of drug-likeness (QED) is 0.0269. The Bertz CT molecular complexity index is 3450. The molecular weight excluding hydrogens is 1530 g/mol. The molecule has 596 valence electrons. The van der Waals surface area contributed by atoms with E-state index >= 15 is 0 Å². The molecule has 0 unspecified atom stereocenters. The maximum absolute atomic E-state index is 12.1. The fourth-order valence-electron chi connectivity index (χ4n) is 11.5. The average molecular weight is 1630 g/mol. The van der Waals surface area contributed by atoms with E-state index in [9.17, 15) is 65.2 Å². The van der Waals surface area contributed by atoms with Gasteiger partial charge in [0, 0.05) is 276 Å². The van der Waals surface area contributed by atoms with Gasteiger partial charge in [0.2, 0.25) is 0 Å². The van der Waals surface area contributed by atoms with Crippen LogP contribution in [0.25, 0.3) is 0 Å². The number of aliphatic hydroxyl groups is 2. The SMILES string of the molecule is C1CNCCNCCN1.Cl.Cl.Cl.Cl.Cl.Cl.Nc1ccc(N2CCN(CCO)CCN(c3ccc(N)cc3)CC2)cc1.O=[N+]([O-])c1ccc(F)cc1.O=[N+]([O-])c1ccc(N2CCN(CCO)CCN(c3ccc([N+](=O)[O-])cc3)CC2)cc1.O=[N+]([O-])c1ccc(N2CCNCCN(c3ccc([N+](=O)[O-])cc3)CC2)cc1. The largest absolute Gasteiger partial charge is 0.399 e. The number of nitrogen functional groups attached to an aromatic ring is 2. The van der Waals surface area contributed by atoms with Crippen LogP contribution in [0, 0.1) is 56.4 Å². The van der Waals surface area contributed by atoms with Gasteiger partial charge >= 0.3 is 0 Å². The summed E-state index contributed by atoms with van der Waals surface area (Å²) in [6, 6.07) is 46.6. The van der Waals surface area contributed by atoms with E-state index in [1.165, 1.54) is 59.9 Å². The summed E-state index contributed by atoms with van der Waals surface area (Å²) >= 11 is 0. The number of nitro groups is 5. The molecule has 7 aromatic rings. The molecule has 0 saturated carbocycles. The first kappa shape index (κ1) is 97.3. The number of aliphatic hydroxyl groups excluding tert-OH is 2. The number of hydrogen-bond donors (Lipinski definition) is 8. The lowest BCUT2D eigenvalue weighted by molar-refractivity contribution is -0.385. The van der Waals surface area contributed by atoms with Crippen molar-refractivity contribution in [2.24, 2.45) is 0 Å². The highest BCUT2D eigenvalue weighted by molar-refractivity contribution is 5.86. The van der Waals surface area contributed by atoms with E-state index in [2.05, 4.69) is 84.7 Å². The van der Waals surface area contributed by atoms with Gasteiger partial charge in [-0.2, -0.15) is 0 Å². The fraction of sp³-hybridized carbons (Fsp3) is 0.400. The van der Waals surface area contributed by atoms with Crippen LogP contribution in [0.1, 0.15) is 0 Å². The molecular formula is C70H100Cl6FN19O12. The van der Waals surface area contributed by atoms with Crippen LogP contribution in [-0.2, 0) is 0 Å². The van der Waals surface area contributed by atoms with Crippen LogP contribution in [0.2, 0.25) is 0 Å². The Morgan fingerprint density at radius 3 is 0.667 bits per heavy atom. The summed E-state index contributed by atoms with van der Waals surface area (Å²) < 4.78 is 12.1. The van der Waals surface area contributed by atoms with E-state index in [1.54, 1.807) is 48.5 Å². The highest BCUT2D eigenvalue weighted by Crippen LogP contribution is 2.26. The second-order valence-corrected chi connectivity index (χ2v) is 24.1. The molecule has 10 N–H and O–H groups in total. The summed E-state index contributed by atoms with van der Waals surface area (Å²) in [4.78, 5) is 69.3. The summed E-state index contributed by atoms with van der Waals surface area (Å²) in [6.45, 7) is 22.8. The van der Waals surface area contributed by atoms with E-state index in [1.807, 2.05) is 24.3 Å². The first-order valence-electron chi connectivity index (χ1n) is 34.0. The topological polar surface area (TPSA) is 382 Å². The molecule has 0 amide bonds. The second kappa shape index (κ2) is 53.2. The molecule has 4 fully saturated rings. The Labute approximate surface area is 665 Å². The van der Waals surface area contributed by atoms with Gasteiger partial charge in [-0.3, -0.25) is 60.4 Å². The van der Waals surface area contributed by atoms with Gasteiger partial charge in [0.05, 0.1) is 37.8 Å². The smallest absolute Gasteiger partial charge is 0.269 e. The number of nitrogens with one attached hydrogen (secondary N) is 4. The number of non-ortho nitro benzene ring substituents is 5. The van der Waals surface area contributed by atoms with Crippen molar-refractivity contribution in [1.29, 1.82) is 0 Å². The van der Waals surface area contributed by atoms with Crippen LogP contribution in [-0.4, -0.2) is 228 Å². The first-order valence-corrected chi connectivity index (χ1v) is 34.0. The normalized spacial score (nSPS) is 15.2. The van der Waals surface area contributed by atoms with Crippen molar-refractivity contribution in [2.45, 2.75) is 0 Å². The molecule has 4 aliphatic heterocycles. The zero-order valence-corrected chi connectivity index (χ0v) is 64.6. The molecule has 0 spiro atoms. The van der Waals surface area contributed by atoms with E-state index < -0.39 is 30.4 Å². The minimum Gasteiger partial charge on any atom is -0.399 e. The molecule has 4 aliphatic rings. The summed E-state index contributed by atoms with van der Waals surface area (Å²) in [7, 11) is 0. The predicted octanol–water partition coefficient (Wildman–Crippen LogP) is 9.05. The molecule has 11 rings (SSSR count). The maximum atomic E-state index is 12.1. The number of nitrogens with zero attached hydrogens (tertiary/aromatic N) is 13. The minimum absolute atomic E-state index is 0. The Morgan fingerprint density at radius 1 is 0.287 bits per heavy atom. The molecule has 108 heavy (non-hydrogen) atoms. The lowest BCUT2D eigenvalue weighted by Gasteiger charge is -2.29. The fourth-order valence-corrected chi connectivity index (χ4v) is 11.5. The van der Waals surface area contributed by atoms with Gasteiger partial charge in [0.1, 0.15) is 5.82 Å². The summed E-state index contributed by atoms with van der Waals surface area (Å²) in [5.74, 6) is -0.467. The van der Waals surface area contributed by atoms with Crippen LogP contribution in [0.3, 0.4) is 0 Å². The number of benzene rings is 7. The summed E-state index contributed by atoms with van der Waals surface area (Å²) in [5.41, 5.74) is 19.4. The molecule has 0 aromatic heterocycles. The molecule has 4 saturated heterocycles. The van der Waals surface area contributed by atoms with Crippen molar-refractivity contribution in [3.8, 4) is 0 Å². The monoisotopic (exact) mass is 1630 g/mol. The lowest BCUT2D eigenvalue weighted by atomic mass is 10.2. The molecule has 0 radical (unpaired) electrons. The van der Waals surface area contributed by atoms with Gasteiger partial charge in [0.25, 0.3) is 28.4 Å². The van der Waals surface area contributed by atoms with Crippen molar-refractivity contribution in [3.05, 3.63) is 226 Å². The van der Waals surface area contributed by atoms with Crippen molar-refractivity contribution >= 4 is 148 Å². The van der Waals surface area contributed by atoms with Crippen molar-refractivity contribution < 1.29 is 39.2 Å². The molecule has 0 bridgehead atoms. The van der Waals surface area contributed by atoms with Crippen molar-refractivity contribution in [1.82, 2.24) is 31.1 Å². The molecule has 0 atom stereocenters. The number of hydrogen-bond acceptors (Lipinski definition) is 26. The standard InChI is InChI=1S/C20H25N5O5.C20H29N5O.C18H21N5O4.C6H4FNO2.C6H15N3.6ClH/c26-16-15-21-9-11-22(17-1-5-19(6-2-17)24(27)28)13-14-23(12-10-21)18-3-7-20(8-4-18)25(29)30;21-17-1-5-19(6-2-17)24-11-9-23(15-16-26)10-12-25(14-13-24)20-7-3-18(22)4-8-20;24-22(25)17-5-1-15(2-6-17)20-11-9-19-10-12-21(14-13-20)16-3-7-18(8-4-16)23(26)27;7-5-1-3-6(4-2-5)8(9)10;1-2-8-5-6-9-4-3-7-1;;;;;;/h1-8,26H,9-16H2;1-8,26H,9-16,21-22H2;1-8,19H,9-14H2;1-4H;7-9H,1-6H2;6*1H. The number of anilines is 8. The predicted molar refractivity (Wildman–Crippen MR) is 442 cm³/mol. The zero-order valence-electron chi connectivity index (χ0n) is 59.7. The molecule has 0 aliphatic carbocycles. The Hall–Kier alpha value is -8.71. The van der Waals surface area contributed by atoms with Crippen molar-refractivity contribution in [2.75, 3.05) is 224 Å². The van der Waals surface area contributed by atoms with Crippen LogP contribution in [0.5, 0.6) is 0 Å². The minimum atomic E-state index is -0.570. The number of nitro benzene ring substituents is 5. The van der Waals surface area contributed by atoms with Crippen LogP contribution < -0.4 is 62.1 Å². The van der Waals surface area contributed by atoms with E-state index in [-0.39, 0.29) is 116 Å². The Balaban J connectivity index is 0.000000703. The van der Waals surface area contributed by atoms with Crippen LogP contribution in [0.4, 0.5) is 78.3 Å². The summed E-state index contributed by atoms with van der Waals surface area (Å²) in [6.07, 6.45) is 0. The van der Waals surface area contributed by atoms with Crippen LogP contribution >= 0.6 is 74.4 Å². The maximum Gasteiger partial charge on any atom is 0.269 e. The van der Waals surface area contributed by atoms with Gasteiger partial charge < -0.3 is 72.3 Å². The van der Waals surface area contributed by atoms with E-state index in [4.69, 9.17) is 11.5 Å². The highest BCUT2D eigenvalue weighted by Gasteiger charge is 2.22. The Morgan fingerprint density at radius 2 is 0.463 bits per heavy atom. The molecule has 38 heteroatoms. The van der Waals surface area contributed by atoms with Gasteiger partial charge in [-0.25, -0.2) is 4.39 Å². The third-order valence-electron chi connectivity index (χ3n) is 17.3. The molecule has 31 nitrogen and oxygen atoms in total. The number of halogens is 7. The molecule has 7 aromatic carbocycles. The van der Waals surface area contributed by atoms with Gasteiger partial charge in [-0.05, 0) is 109 Å². The van der Waals surface area contributed by atoms with Gasteiger partial charge in [0.15, 0.2) is 0 Å². The zero-order chi connectivity index (χ0) is 73.0. The number of β-amino-alcohol motifs (C(OH)–C–C–N with tert-alkyl or cyclic N) is 2. The number of rotatable bonds is 15. The highest BCUT2D eigenvalue weighted by atomic mass is 35.5. The van der Waals surface area contributed by atoms with E-state index in [0.717, 1.165) is 202 Å². The Kier molecular flexibility index (Phi) is 47.9. The average Bonchev–Trinajstić information content (AvgIpc) is 1.53. The molecule has 4 heterocycles.